The Balaban J connectivity index is 1.01. The monoisotopic (exact) mass is 880 g/mol. The highest BCUT2D eigenvalue weighted by Crippen LogP contribution is 2.50. The maximum atomic E-state index is 12.7. The van der Waals surface area contributed by atoms with Gasteiger partial charge < -0.3 is 15.5 Å². The number of thiol groups is 1. The van der Waals surface area contributed by atoms with Gasteiger partial charge >= 0.3 is 0 Å². The van der Waals surface area contributed by atoms with Gasteiger partial charge in [-0.05, 0) is 103 Å². The average molecular weight is 881 g/mol. The number of aliphatic imine (C=N–C) groups is 1. The first-order chi connectivity index (χ1) is 32.4. The summed E-state index contributed by atoms with van der Waals surface area (Å²) in [5.74, 6) is 1.50. The van der Waals surface area contributed by atoms with Crippen molar-refractivity contribution in [3.05, 3.63) is 231 Å². The molecule has 0 bridgehead atoms. The van der Waals surface area contributed by atoms with Crippen LogP contribution in [-0.4, -0.2) is 34.3 Å². The summed E-state index contributed by atoms with van der Waals surface area (Å²) >= 11 is 4.62. The van der Waals surface area contributed by atoms with Crippen LogP contribution in [0.5, 0.6) is 11.5 Å². The standard InChI is InChI=1S/C61H56N2O2S/c1-39-34-44-23-10-14-27-50(44)57(55(39)43-21-7-4-8-22-43)59-52-29-16-12-25-46(52)36-48(61(59)65)38-63-54(30-17-33-66)40(2)62-37-47-35-45-24-11-15-28-51(45)58(60(47)64)56-49-26-13-9-20-42(49)31-32-53(56)41-18-5-3-6-19-41/h3-16,18-29,31-32,34-37,39-40,53-56,63-66H,17,30,33,38H2,1-2H3/b62-37+/t39?,40-,53?,54?,55?,56?/m0/s1. The van der Waals surface area contributed by atoms with Crippen molar-refractivity contribution in [1.29, 1.82) is 0 Å². The van der Waals surface area contributed by atoms with Gasteiger partial charge in [-0.15, -0.1) is 0 Å². The van der Waals surface area contributed by atoms with Gasteiger partial charge in [0.15, 0.2) is 0 Å². The molecule has 0 heterocycles. The first kappa shape index (κ1) is 43.2. The summed E-state index contributed by atoms with van der Waals surface area (Å²) in [4.78, 5) is 5.22. The number of fused-ring (bicyclic) bond motifs is 4. The summed E-state index contributed by atoms with van der Waals surface area (Å²) in [7, 11) is 0. The highest BCUT2D eigenvalue weighted by molar-refractivity contribution is 7.80. The molecule has 328 valence electrons. The second-order valence-corrected chi connectivity index (χ2v) is 18.6. The second kappa shape index (κ2) is 19.1. The first-order valence-electron chi connectivity index (χ1n) is 23.4. The highest BCUT2D eigenvalue weighted by Gasteiger charge is 2.34. The summed E-state index contributed by atoms with van der Waals surface area (Å²) < 4.78 is 0. The van der Waals surface area contributed by atoms with E-state index in [0.717, 1.165) is 67.6 Å². The van der Waals surface area contributed by atoms with Gasteiger partial charge in [-0.1, -0.05) is 183 Å². The fraction of sp³-hybridized carbons (Fsp3) is 0.197. The van der Waals surface area contributed by atoms with Crippen molar-refractivity contribution in [2.45, 2.75) is 63.1 Å². The van der Waals surface area contributed by atoms with Crippen LogP contribution >= 0.6 is 12.6 Å². The summed E-state index contributed by atoms with van der Waals surface area (Å²) in [6.45, 7) is 4.88. The van der Waals surface area contributed by atoms with E-state index in [0.29, 0.717) is 17.9 Å². The van der Waals surface area contributed by atoms with Gasteiger partial charge in [0.05, 0.1) is 6.04 Å². The van der Waals surface area contributed by atoms with Crippen LogP contribution in [0, 0.1) is 5.92 Å². The molecule has 2 aliphatic rings. The fourth-order valence-electron chi connectivity index (χ4n) is 10.9. The Bertz CT molecular complexity index is 3230. The fourth-order valence-corrected chi connectivity index (χ4v) is 11.0. The molecule has 0 saturated carbocycles. The van der Waals surface area contributed by atoms with Gasteiger partial charge in [-0.2, -0.15) is 12.6 Å². The molecule has 8 aromatic carbocycles. The Hall–Kier alpha value is -6.66. The van der Waals surface area contributed by atoms with E-state index in [4.69, 9.17) is 4.99 Å². The predicted octanol–water partition coefficient (Wildman–Crippen LogP) is 12.4. The molecule has 10 rings (SSSR count). The summed E-state index contributed by atoms with van der Waals surface area (Å²) in [6.07, 6.45) is 10.5. The van der Waals surface area contributed by atoms with E-state index in [9.17, 15) is 10.2 Å². The molecule has 6 atom stereocenters. The lowest BCUT2D eigenvalue weighted by Gasteiger charge is -2.32. The summed E-state index contributed by atoms with van der Waals surface area (Å²) in [6, 6.07) is 59.4. The van der Waals surface area contributed by atoms with Gasteiger partial charge in [-0.3, -0.25) is 4.99 Å². The third-order valence-corrected chi connectivity index (χ3v) is 14.4. The van der Waals surface area contributed by atoms with Gasteiger partial charge in [-0.25, -0.2) is 0 Å². The van der Waals surface area contributed by atoms with E-state index in [2.05, 4.69) is 220 Å². The number of aromatic hydroxyl groups is 2. The first-order valence-corrected chi connectivity index (χ1v) is 24.1. The zero-order chi connectivity index (χ0) is 45.1. The maximum absolute atomic E-state index is 12.7. The molecule has 66 heavy (non-hydrogen) atoms. The van der Waals surface area contributed by atoms with Crippen LogP contribution in [0.4, 0.5) is 0 Å². The number of phenolic OH excluding ortho intramolecular Hbond substituents is 2. The van der Waals surface area contributed by atoms with Crippen LogP contribution in [0.2, 0.25) is 0 Å². The van der Waals surface area contributed by atoms with Crippen molar-refractivity contribution in [1.82, 2.24) is 5.32 Å². The molecular formula is C61H56N2O2S. The molecule has 4 nitrogen and oxygen atoms in total. The number of allylic oxidation sites excluding steroid dienone is 1. The molecule has 0 aromatic heterocycles. The minimum Gasteiger partial charge on any atom is -0.507 e. The molecule has 0 saturated heterocycles. The van der Waals surface area contributed by atoms with Crippen LogP contribution in [-0.2, 0) is 6.54 Å². The Labute approximate surface area is 393 Å². The van der Waals surface area contributed by atoms with E-state index in [1.54, 1.807) is 0 Å². The number of hydrogen-bond acceptors (Lipinski definition) is 5. The number of rotatable bonds is 13. The number of benzene rings is 8. The van der Waals surface area contributed by atoms with Gasteiger partial charge in [0.1, 0.15) is 11.5 Å². The smallest absolute Gasteiger partial charge is 0.128 e. The van der Waals surface area contributed by atoms with Crippen LogP contribution < -0.4 is 15.8 Å². The topological polar surface area (TPSA) is 64.8 Å². The average Bonchev–Trinajstić information content (AvgIpc) is 3.36. The Kier molecular flexibility index (Phi) is 12.5. The lowest BCUT2D eigenvalue weighted by atomic mass is 9.71. The lowest BCUT2D eigenvalue weighted by Crippen LogP contribution is -2.37. The van der Waals surface area contributed by atoms with Crippen molar-refractivity contribution in [3.8, 4) is 11.5 Å². The van der Waals surface area contributed by atoms with Crippen molar-refractivity contribution in [2.75, 3.05) is 5.75 Å². The Morgan fingerprint density at radius 3 is 2.12 bits per heavy atom. The van der Waals surface area contributed by atoms with Crippen LogP contribution in [0.25, 0.3) is 39.3 Å². The minimum atomic E-state index is -0.157. The third-order valence-electron chi connectivity index (χ3n) is 14.1. The van der Waals surface area contributed by atoms with Crippen molar-refractivity contribution >= 4 is 58.1 Å². The Morgan fingerprint density at radius 2 is 1.35 bits per heavy atom. The minimum absolute atomic E-state index is 0.0283. The number of hydrogen-bond donors (Lipinski definition) is 4. The van der Waals surface area contributed by atoms with Crippen molar-refractivity contribution in [3.63, 3.8) is 0 Å². The molecule has 0 spiro atoms. The van der Waals surface area contributed by atoms with E-state index >= 15 is 0 Å². The van der Waals surface area contributed by atoms with E-state index in [1.807, 2.05) is 6.21 Å². The summed E-state index contributed by atoms with van der Waals surface area (Å²) in [5.41, 5.74) is 9.32. The van der Waals surface area contributed by atoms with Gasteiger partial charge in [0, 0.05) is 58.8 Å². The van der Waals surface area contributed by atoms with Crippen LogP contribution in [0.1, 0.15) is 89.0 Å². The molecule has 5 heteroatoms. The second-order valence-electron chi connectivity index (χ2n) is 18.1. The van der Waals surface area contributed by atoms with Gasteiger partial charge in [0.2, 0.25) is 0 Å². The lowest BCUT2D eigenvalue weighted by molar-refractivity contribution is 0.411. The Morgan fingerprint density at radius 1 is 0.697 bits per heavy atom. The van der Waals surface area contributed by atoms with Gasteiger partial charge in [0.25, 0.3) is 0 Å². The molecule has 5 unspecified atom stereocenters. The number of phenols is 2. The zero-order valence-corrected chi connectivity index (χ0v) is 38.5. The predicted molar refractivity (Wildman–Crippen MR) is 280 cm³/mol. The quantitative estimate of drug-likeness (QED) is 0.0689. The molecule has 0 radical (unpaired) electrons. The maximum Gasteiger partial charge on any atom is 0.128 e. The number of nitrogens with zero attached hydrogens (tertiary/aromatic N) is 1. The van der Waals surface area contributed by atoms with E-state index < -0.39 is 0 Å². The summed E-state index contributed by atoms with van der Waals surface area (Å²) in [5, 5.41) is 35.6. The normalized spacial score (nSPS) is 18.8. The molecular weight excluding hydrogens is 825 g/mol. The number of nitrogens with one attached hydrogen (secondary N) is 1. The van der Waals surface area contributed by atoms with Crippen molar-refractivity contribution < 1.29 is 10.2 Å². The van der Waals surface area contributed by atoms with Crippen LogP contribution in [0.15, 0.2) is 181 Å². The van der Waals surface area contributed by atoms with E-state index in [-0.39, 0.29) is 41.5 Å². The largest absolute Gasteiger partial charge is 0.507 e. The molecule has 8 aromatic rings. The molecule has 2 aliphatic carbocycles. The third kappa shape index (κ3) is 8.27. The molecule has 0 fully saturated rings. The molecule has 3 N–H and O–H groups in total. The molecule has 0 amide bonds. The zero-order valence-electron chi connectivity index (χ0n) is 37.6. The molecule has 0 aliphatic heterocycles. The highest BCUT2D eigenvalue weighted by atomic mass is 32.1. The van der Waals surface area contributed by atoms with E-state index in [1.165, 1.54) is 27.5 Å². The van der Waals surface area contributed by atoms with Crippen molar-refractivity contribution in [2.24, 2.45) is 10.9 Å². The SMILES string of the molecule is CC1C=c2ccccc2=C(c2c(O)c(CNC(CCCS)[C@H](C)/N=C/c3cc4ccccc4c(C4c5ccccc5C=CC4c4ccccc4)c3O)cc3ccccc23)C1c1ccccc1. The van der Waals surface area contributed by atoms with Crippen LogP contribution in [0.3, 0.4) is 0 Å².